The Morgan fingerprint density at radius 3 is 2.59 bits per heavy atom. The van der Waals surface area contributed by atoms with Crippen molar-refractivity contribution < 1.29 is 4.79 Å². The molecule has 1 aliphatic rings. The molecule has 150 valence electrons. The second kappa shape index (κ2) is 11.0. The minimum Gasteiger partial charge on any atom is -0.356 e. The topological polar surface area (TPSA) is 56.7 Å². The number of hydrogen-bond acceptors (Lipinski definition) is 2. The van der Waals surface area contributed by atoms with Gasteiger partial charge in [0, 0.05) is 39.3 Å². The van der Waals surface area contributed by atoms with E-state index in [0.29, 0.717) is 6.04 Å². The first kappa shape index (κ1) is 21.3. The molecule has 1 amide bonds. The molecule has 1 aliphatic carbocycles. The van der Waals surface area contributed by atoms with Gasteiger partial charge in [-0.1, -0.05) is 31.9 Å². The van der Waals surface area contributed by atoms with E-state index in [1.54, 1.807) is 19.0 Å². The maximum absolute atomic E-state index is 12.1. The lowest BCUT2D eigenvalue weighted by Gasteiger charge is -2.30. The van der Waals surface area contributed by atoms with Crippen LogP contribution in [0.4, 0.5) is 0 Å². The quantitative estimate of drug-likeness (QED) is 0.569. The van der Waals surface area contributed by atoms with Gasteiger partial charge in [-0.3, -0.25) is 9.79 Å². The van der Waals surface area contributed by atoms with Crippen LogP contribution in [0.25, 0.3) is 0 Å². The summed E-state index contributed by atoms with van der Waals surface area (Å²) in [7, 11) is 5.39. The number of nitrogens with one attached hydrogen (secondary N) is 2. The van der Waals surface area contributed by atoms with Gasteiger partial charge >= 0.3 is 0 Å². The number of carbonyl (C=O) groups is 1. The van der Waals surface area contributed by atoms with E-state index in [1.807, 2.05) is 25.2 Å². The van der Waals surface area contributed by atoms with Crippen LogP contribution in [-0.2, 0) is 6.42 Å². The van der Waals surface area contributed by atoms with Crippen molar-refractivity contribution in [2.24, 2.45) is 10.9 Å². The Morgan fingerprint density at radius 2 is 1.96 bits per heavy atom. The molecule has 27 heavy (non-hydrogen) atoms. The van der Waals surface area contributed by atoms with Crippen LogP contribution in [0.15, 0.2) is 29.3 Å². The summed E-state index contributed by atoms with van der Waals surface area (Å²) < 4.78 is 0. The van der Waals surface area contributed by atoms with Crippen molar-refractivity contribution in [2.75, 3.05) is 27.7 Å². The third-order valence-electron chi connectivity index (χ3n) is 5.39. The molecular formula is C22H36N4O. The molecule has 0 bridgehead atoms. The van der Waals surface area contributed by atoms with E-state index in [0.717, 1.165) is 36.0 Å². The zero-order valence-corrected chi connectivity index (χ0v) is 17.4. The first-order valence-electron chi connectivity index (χ1n) is 10.3. The Morgan fingerprint density at radius 1 is 1.22 bits per heavy atom. The van der Waals surface area contributed by atoms with E-state index in [1.165, 1.54) is 38.5 Å². The number of amides is 1. The van der Waals surface area contributed by atoms with E-state index in [4.69, 9.17) is 0 Å². The monoisotopic (exact) mass is 372 g/mol. The summed E-state index contributed by atoms with van der Waals surface area (Å²) in [6.45, 7) is 3.08. The van der Waals surface area contributed by atoms with Crippen LogP contribution in [0.2, 0.25) is 0 Å². The molecule has 0 spiro atoms. The minimum atomic E-state index is 0.0426. The number of hydrogen-bond donors (Lipinski definition) is 2. The molecule has 5 nitrogen and oxygen atoms in total. The van der Waals surface area contributed by atoms with Crippen molar-refractivity contribution in [3.05, 3.63) is 35.4 Å². The number of guanidine groups is 1. The molecule has 0 radical (unpaired) electrons. The van der Waals surface area contributed by atoms with Gasteiger partial charge in [-0.15, -0.1) is 0 Å². The molecule has 0 unspecified atom stereocenters. The van der Waals surface area contributed by atoms with Crippen molar-refractivity contribution in [3.63, 3.8) is 0 Å². The van der Waals surface area contributed by atoms with Gasteiger partial charge in [0.25, 0.3) is 5.91 Å². The molecule has 0 atom stereocenters. The third kappa shape index (κ3) is 6.89. The van der Waals surface area contributed by atoms with Crippen LogP contribution in [0.3, 0.4) is 0 Å². The molecule has 2 N–H and O–H groups in total. The van der Waals surface area contributed by atoms with Crippen LogP contribution >= 0.6 is 0 Å². The molecule has 2 rings (SSSR count). The standard InChI is InChI=1S/C22H36N4O/c1-5-7-17-10-12-20(13-11-17)25-22(23-2)24-15-14-18-8-6-9-19(16-18)21(27)26(3)4/h6,8-9,16-17,20H,5,7,10-15H2,1-4H3,(H2,23,24,25). The summed E-state index contributed by atoms with van der Waals surface area (Å²) in [4.78, 5) is 18.1. The molecular weight excluding hydrogens is 336 g/mol. The van der Waals surface area contributed by atoms with Crippen molar-refractivity contribution in [2.45, 2.75) is 57.9 Å². The number of aliphatic imine (C=N–C) groups is 1. The Balaban J connectivity index is 1.77. The van der Waals surface area contributed by atoms with Crippen LogP contribution < -0.4 is 10.6 Å². The molecule has 0 aromatic heterocycles. The van der Waals surface area contributed by atoms with Crippen molar-refractivity contribution in [3.8, 4) is 0 Å². The smallest absolute Gasteiger partial charge is 0.253 e. The second-order valence-corrected chi connectivity index (χ2v) is 7.80. The fourth-order valence-electron chi connectivity index (χ4n) is 3.84. The van der Waals surface area contributed by atoms with E-state index >= 15 is 0 Å². The number of carbonyl (C=O) groups excluding carboxylic acids is 1. The van der Waals surface area contributed by atoms with Gasteiger partial charge in [0.2, 0.25) is 0 Å². The highest BCUT2D eigenvalue weighted by molar-refractivity contribution is 5.94. The Bertz CT molecular complexity index is 618. The van der Waals surface area contributed by atoms with Gasteiger partial charge in [0.1, 0.15) is 0 Å². The molecule has 1 saturated carbocycles. The van der Waals surface area contributed by atoms with Crippen molar-refractivity contribution >= 4 is 11.9 Å². The summed E-state index contributed by atoms with van der Waals surface area (Å²) in [6.07, 6.45) is 8.66. The lowest BCUT2D eigenvalue weighted by Crippen LogP contribution is -2.45. The summed E-state index contributed by atoms with van der Waals surface area (Å²) in [5.74, 6) is 1.84. The maximum atomic E-state index is 12.1. The third-order valence-corrected chi connectivity index (χ3v) is 5.39. The van der Waals surface area contributed by atoms with Crippen LogP contribution in [0, 0.1) is 5.92 Å². The van der Waals surface area contributed by atoms with Gasteiger partial charge in [0.05, 0.1) is 0 Å². The molecule has 1 fully saturated rings. The van der Waals surface area contributed by atoms with Gasteiger partial charge in [-0.2, -0.15) is 0 Å². The second-order valence-electron chi connectivity index (χ2n) is 7.80. The number of benzene rings is 1. The summed E-state index contributed by atoms with van der Waals surface area (Å²) in [5.41, 5.74) is 1.90. The SMILES string of the molecule is CCCC1CCC(NC(=NC)NCCc2cccc(C(=O)N(C)C)c2)CC1. The number of rotatable bonds is 7. The number of nitrogens with zero attached hydrogens (tertiary/aromatic N) is 2. The Labute approximate surface area is 164 Å². The zero-order chi connectivity index (χ0) is 19.6. The van der Waals surface area contributed by atoms with Crippen LogP contribution in [0.5, 0.6) is 0 Å². The van der Waals surface area contributed by atoms with Gasteiger partial charge < -0.3 is 15.5 Å². The average Bonchev–Trinajstić information content (AvgIpc) is 2.68. The molecule has 5 heteroatoms. The zero-order valence-electron chi connectivity index (χ0n) is 17.4. The van der Waals surface area contributed by atoms with E-state index < -0.39 is 0 Å². The Kier molecular flexibility index (Phi) is 8.62. The molecule has 0 heterocycles. The van der Waals surface area contributed by atoms with Gasteiger partial charge in [-0.05, 0) is 55.7 Å². The predicted molar refractivity (Wildman–Crippen MR) is 113 cm³/mol. The van der Waals surface area contributed by atoms with E-state index in [9.17, 15) is 4.79 Å². The van der Waals surface area contributed by atoms with Crippen molar-refractivity contribution in [1.82, 2.24) is 15.5 Å². The molecule has 0 saturated heterocycles. The van der Waals surface area contributed by atoms with Gasteiger partial charge in [-0.25, -0.2) is 0 Å². The van der Waals surface area contributed by atoms with E-state index in [2.05, 4.69) is 28.6 Å². The summed E-state index contributed by atoms with van der Waals surface area (Å²) >= 11 is 0. The maximum Gasteiger partial charge on any atom is 0.253 e. The first-order valence-corrected chi connectivity index (χ1v) is 10.3. The highest BCUT2D eigenvalue weighted by Crippen LogP contribution is 2.27. The average molecular weight is 373 g/mol. The minimum absolute atomic E-state index is 0.0426. The molecule has 0 aliphatic heterocycles. The lowest BCUT2D eigenvalue weighted by atomic mass is 9.83. The predicted octanol–water partition coefficient (Wildman–Crippen LogP) is 3.45. The molecule has 1 aromatic carbocycles. The summed E-state index contributed by atoms with van der Waals surface area (Å²) in [5, 5.41) is 6.99. The highest BCUT2D eigenvalue weighted by Gasteiger charge is 2.21. The molecule has 1 aromatic rings. The summed E-state index contributed by atoms with van der Waals surface area (Å²) in [6, 6.07) is 8.40. The fourth-order valence-corrected chi connectivity index (χ4v) is 3.84. The largest absolute Gasteiger partial charge is 0.356 e. The Hall–Kier alpha value is -2.04. The highest BCUT2D eigenvalue weighted by atomic mass is 16.2. The fraction of sp³-hybridized carbons (Fsp3) is 0.636. The first-order chi connectivity index (χ1) is 13.0. The van der Waals surface area contributed by atoms with Crippen LogP contribution in [0.1, 0.15) is 61.4 Å². The van der Waals surface area contributed by atoms with Crippen LogP contribution in [-0.4, -0.2) is 50.5 Å². The van der Waals surface area contributed by atoms with Gasteiger partial charge in [0.15, 0.2) is 5.96 Å². The van der Waals surface area contributed by atoms with Crippen molar-refractivity contribution in [1.29, 1.82) is 0 Å². The van der Waals surface area contributed by atoms with E-state index in [-0.39, 0.29) is 5.91 Å². The lowest BCUT2D eigenvalue weighted by molar-refractivity contribution is 0.0827. The normalized spacial score (nSPS) is 20.2.